The van der Waals surface area contributed by atoms with Crippen LogP contribution in [0.25, 0.3) is 0 Å². The normalized spacial score (nSPS) is 32.5. The Morgan fingerprint density at radius 3 is 2.81 bits per heavy atom. The van der Waals surface area contributed by atoms with E-state index in [1.54, 1.807) is 11.1 Å². The second kappa shape index (κ2) is 6.50. The molecule has 1 aliphatic carbocycles. The monoisotopic (exact) mass is 286 g/mol. The fourth-order valence-corrected chi connectivity index (χ4v) is 4.12. The predicted molar refractivity (Wildman–Crippen MR) is 89.8 cm³/mol. The Balaban J connectivity index is 1.56. The third-order valence-electron chi connectivity index (χ3n) is 5.77. The van der Waals surface area contributed by atoms with Crippen molar-refractivity contribution in [3.8, 4) is 0 Å². The number of benzene rings is 1. The lowest BCUT2D eigenvalue weighted by molar-refractivity contribution is 0.0769. The van der Waals surface area contributed by atoms with Crippen LogP contribution < -0.4 is 5.32 Å². The number of fused-ring (bicyclic) bond motifs is 1. The van der Waals surface area contributed by atoms with Gasteiger partial charge >= 0.3 is 0 Å². The fourth-order valence-electron chi connectivity index (χ4n) is 4.12. The van der Waals surface area contributed by atoms with Gasteiger partial charge in [0, 0.05) is 24.5 Å². The molecule has 0 spiro atoms. The first-order valence-electron chi connectivity index (χ1n) is 8.76. The van der Waals surface area contributed by atoms with Crippen molar-refractivity contribution in [3.63, 3.8) is 0 Å². The van der Waals surface area contributed by atoms with Crippen LogP contribution in [0.15, 0.2) is 24.3 Å². The van der Waals surface area contributed by atoms with Gasteiger partial charge in [-0.15, -0.1) is 0 Å². The van der Waals surface area contributed by atoms with E-state index >= 15 is 0 Å². The summed E-state index contributed by atoms with van der Waals surface area (Å²) in [6.07, 6.45) is 3.82. The zero-order valence-corrected chi connectivity index (χ0v) is 13.8. The molecule has 1 fully saturated rings. The molecule has 4 atom stereocenters. The van der Waals surface area contributed by atoms with E-state index in [4.69, 9.17) is 0 Å². The third kappa shape index (κ3) is 3.02. The van der Waals surface area contributed by atoms with E-state index in [2.05, 4.69) is 55.3 Å². The Hall–Kier alpha value is -0.860. The number of rotatable bonds is 5. The lowest BCUT2D eigenvalue weighted by Gasteiger charge is -2.45. The Morgan fingerprint density at radius 2 is 2.05 bits per heavy atom. The van der Waals surface area contributed by atoms with Crippen LogP contribution in [0.1, 0.15) is 50.7 Å². The van der Waals surface area contributed by atoms with Crippen molar-refractivity contribution < 1.29 is 0 Å². The number of piperidine rings is 1. The average Bonchev–Trinajstić information content (AvgIpc) is 2.48. The van der Waals surface area contributed by atoms with Crippen LogP contribution in [0.3, 0.4) is 0 Å². The molecule has 21 heavy (non-hydrogen) atoms. The summed E-state index contributed by atoms with van der Waals surface area (Å²) in [7, 11) is 0. The summed E-state index contributed by atoms with van der Waals surface area (Å²) >= 11 is 0. The Morgan fingerprint density at radius 1 is 1.24 bits per heavy atom. The van der Waals surface area contributed by atoms with Gasteiger partial charge in [-0.3, -0.25) is 4.90 Å². The molecule has 1 aliphatic heterocycles. The minimum atomic E-state index is 0.695. The second-order valence-electron chi connectivity index (χ2n) is 7.04. The van der Waals surface area contributed by atoms with Crippen LogP contribution >= 0.6 is 0 Å². The predicted octanol–water partition coefficient (Wildman–Crippen LogP) is 3.42. The third-order valence-corrected chi connectivity index (χ3v) is 5.77. The van der Waals surface area contributed by atoms with Crippen molar-refractivity contribution in [2.75, 3.05) is 19.6 Å². The molecule has 0 saturated carbocycles. The standard InChI is InChI=1S/C19H30N2/c1-4-10-20-19-9-11-21(15(3)14(19)2)13-17-12-16-7-5-6-8-18(16)17/h5-8,14-15,17,19-20H,4,9-13H2,1-3H3. The summed E-state index contributed by atoms with van der Waals surface area (Å²) in [5.74, 6) is 1.52. The highest BCUT2D eigenvalue weighted by atomic mass is 15.2. The van der Waals surface area contributed by atoms with Crippen molar-refractivity contribution in [2.45, 2.75) is 58.0 Å². The number of nitrogens with zero attached hydrogens (tertiary/aromatic N) is 1. The molecule has 2 aliphatic rings. The van der Waals surface area contributed by atoms with Crippen LogP contribution in [0.5, 0.6) is 0 Å². The highest BCUT2D eigenvalue weighted by molar-refractivity contribution is 5.40. The van der Waals surface area contributed by atoms with Crippen LogP contribution in [0, 0.1) is 5.92 Å². The van der Waals surface area contributed by atoms with Crippen LogP contribution in [0.2, 0.25) is 0 Å². The molecule has 2 nitrogen and oxygen atoms in total. The molecule has 1 aromatic carbocycles. The van der Waals surface area contributed by atoms with Gasteiger partial charge in [0.25, 0.3) is 0 Å². The molecule has 0 aromatic heterocycles. The SMILES string of the molecule is CCCNC1CCN(CC2Cc3ccccc32)C(C)C1C. The van der Waals surface area contributed by atoms with E-state index in [-0.39, 0.29) is 0 Å². The molecule has 1 saturated heterocycles. The summed E-state index contributed by atoms with van der Waals surface area (Å²) in [4.78, 5) is 2.73. The second-order valence-corrected chi connectivity index (χ2v) is 7.04. The molecule has 2 heteroatoms. The first kappa shape index (κ1) is 15.1. The van der Waals surface area contributed by atoms with Crippen LogP contribution in [0.4, 0.5) is 0 Å². The van der Waals surface area contributed by atoms with Crippen molar-refractivity contribution >= 4 is 0 Å². The quantitative estimate of drug-likeness (QED) is 0.892. The van der Waals surface area contributed by atoms with Gasteiger partial charge in [-0.25, -0.2) is 0 Å². The van der Waals surface area contributed by atoms with Gasteiger partial charge in [-0.2, -0.15) is 0 Å². The topological polar surface area (TPSA) is 15.3 Å². The van der Waals surface area contributed by atoms with E-state index in [1.165, 1.54) is 32.4 Å². The summed E-state index contributed by atoms with van der Waals surface area (Å²) in [5, 5.41) is 3.74. The minimum absolute atomic E-state index is 0.695. The maximum absolute atomic E-state index is 3.74. The van der Waals surface area contributed by atoms with Gasteiger partial charge in [-0.1, -0.05) is 38.1 Å². The van der Waals surface area contributed by atoms with Crippen molar-refractivity contribution in [2.24, 2.45) is 5.92 Å². The molecule has 0 radical (unpaired) electrons. The molecule has 0 bridgehead atoms. The van der Waals surface area contributed by atoms with Crippen LogP contribution in [-0.2, 0) is 6.42 Å². The van der Waals surface area contributed by atoms with Crippen molar-refractivity contribution in [1.29, 1.82) is 0 Å². The lowest BCUT2D eigenvalue weighted by Crippen LogP contribution is -2.54. The van der Waals surface area contributed by atoms with Gasteiger partial charge in [0.15, 0.2) is 0 Å². The lowest BCUT2D eigenvalue weighted by atomic mass is 9.76. The molecule has 1 N–H and O–H groups in total. The smallest absolute Gasteiger partial charge is 0.0120 e. The molecule has 1 heterocycles. The van der Waals surface area contributed by atoms with Crippen molar-refractivity contribution in [1.82, 2.24) is 10.2 Å². The highest BCUT2D eigenvalue weighted by Gasteiger charge is 2.35. The summed E-state index contributed by atoms with van der Waals surface area (Å²) < 4.78 is 0. The summed E-state index contributed by atoms with van der Waals surface area (Å²) in [6, 6.07) is 10.4. The van der Waals surface area contributed by atoms with Gasteiger partial charge in [0.1, 0.15) is 0 Å². The Kier molecular flexibility index (Phi) is 4.66. The van der Waals surface area contributed by atoms with Gasteiger partial charge < -0.3 is 5.32 Å². The molecule has 4 unspecified atom stereocenters. The molecular weight excluding hydrogens is 256 g/mol. The van der Waals surface area contributed by atoms with Gasteiger partial charge in [-0.05, 0) is 56.3 Å². The largest absolute Gasteiger partial charge is 0.314 e. The van der Waals surface area contributed by atoms with E-state index in [9.17, 15) is 0 Å². The summed E-state index contributed by atoms with van der Waals surface area (Å²) in [6.45, 7) is 10.8. The zero-order chi connectivity index (χ0) is 14.8. The molecule has 3 rings (SSSR count). The average molecular weight is 286 g/mol. The number of hydrogen-bond acceptors (Lipinski definition) is 2. The Labute approximate surface area is 129 Å². The van der Waals surface area contributed by atoms with Crippen molar-refractivity contribution in [3.05, 3.63) is 35.4 Å². The number of hydrogen-bond donors (Lipinski definition) is 1. The van der Waals surface area contributed by atoms with E-state index in [0.717, 1.165) is 18.4 Å². The summed E-state index contributed by atoms with van der Waals surface area (Å²) in [5.41, 5.74) is 3.17. The molecule has 1 aromatic rings. The van der Waals surface area contributed by atoms with E-state index in [0.29, 0.717) is 12.1 Å². The zero-order valence-electron chi connectivity index (χ0n) is 13.8. The highest BCUT2D eigenvalue weighted by Crippen LogP contribution is 2.37. The van der Waals surface area contributed by atoms with Crippen LogP contribution in [-0.4, -0.2) is 36.6 Å². The first-order valence-corrected chi connectivity index (χ1v) is 8.76. The van der Waals surface area contributed by atoms with E-state index in [1.807, 2.05) is 0 Å². The molecule has 116 valence electrons. The molecule has 0 amide bonds. The van der Waals surface area contributed by atoms with Gasteiger partial charge in [0.05, 0.1) is 0 Å². The van der Waals surface area contributed by atoms with Gasteiger partial charge in [0.2, 0.25) is 0 Å². The minimum Gasteiger partial charge on any atom is -0.314 e. The molecular formula is C19H30N2. The first-order chi connectivity index (χ1) is 10.2. The maximum Gasteiger partial charge on any atom is 0.0120 e. The number of likely N-dealkylation sites (tertiary alicyclic amines) is 1. The van der Waals surface area contributed by atoms with E-state index < -0.39 is 0 Å². The number of nitrogens with one attached hydrogen (secondary N) is 1. The fraction of sp³-hybridized carbons (Fsp3) is 0.684. The maximum atomic E-state index is 3.74. The Bertz CT molecular complexity index is 470.